The van der Waals surface area contributed by atoms with Crippen LogP contribution in [-0.4, -0.2) is 35.9 Å². The Kier molecular flexibility index (Phi) is 6.25. The number of alkyl carbamates (subject to hydrolysis) is 1. The van der Waals surface area contributed by atoms with Crippen LogP contribution in [0.5, 0.6) is 11.5 Å². The lowest BCUT2D eigenvalue weighted by molar-refractivity contribution is 0.0362. The van der Waals surface area contributed by atoms with Crippen LogP contribution in [-0.2, 0) is 10.2 Å². The smallest absolute Gasteiger partial charge is 0.407 e. The van der Waals surface area contributed by atoms with Gasteiger partial charge < -0.3 is 19.5 Å². The van der Waals surface area contributed by atoms with Crippen molar-refractivity contribution >= 4 is 6.09 Å². The van der Waals surface area contributed by atoms with Crippen LogP contribution in [0, 0.1) is 0 Å². The van der Waals surface area contributed by atoms with Crippen molar-refractivity contribution in [3.05, 3.63) is 53.9 Å². The summed E-state index contributed by atoms with van der Waals surface area (Å²) < 4.78 is 16.5. The second kappa shape index (κ2) is 8.54. The Balaban J connectivity index is 1.52. The number of nitrogens with zero attached hydrogens (tertiary/aromatic N) is 1. The number of pyridine rings is 1. The van der Waals surface area contributed by atoms with E-state index in [1.165, 1.54) is 5.56 Å². The van der Waals surface area contributed by atoms with Gasteiger partial charge in [0.15, 0.2) is 0 Å². The number of hydrogen-bond donors (Lipinski definition) is 1. The van der Waals surface area contributed by atoms with Crippen LogP contribution in [0.15, 0.2) is 42.6 Å². The first kappa shape index (κ1) is 21.9. The number of methoxy groups -OCH3 is 1. The fraction of sp³-hybridized carbons (Fsp3) is 0.500. The molecule has 3 rings (SSSR count). The van der Waals surface area contributed by atoms with Gasteiger partial charge in [0.05, 0.1) is 19.0 Å². The molecule has 1 N–H and O–H groups in total. The van der Waals surface area contributed by atoms with Crippen LogP contribution in [0.25, 0.3) is 0 Å². The van der Waals surface area contributed by atoms with Gasteiger partial charge in [0, 0.05) is 24.3 Å². The van der Waals surface area contributed by atoms with Gasteiger partial charge in [-0.05, 0) is 50.6 Å². The van der Waals surface area contributed by atoms with Crippen LogP contribution in [0.3, 0.4) is 0 Å². The van der Waals surface area contributed by atoms with E-state index in [1.807, 2.05) is 45.0 Å². The molecule has 30 heavy (non-hydrogen) atoms. The first-order valence-electron chi connectivity index (χ1n) is 10.3. The maximum atomic E-state index is 11.8. The van der Waals surface area contributed by atoms with Crippen molar-refractivity contribution in [1.82, 2.24) is 10.3 Å². The molecule has 1 heterocycles. The zero-order chi connectivity index (χ0) is 21.9. The molecule has 1 aromatic heterocycles. The number of carbonyl (C=O) groups is 1. The Morgan fingerprint density at radius 3 is 2.17 bits per heavy atom. The molecule has 1 aliphatic carbocycles. The highest BCUT2D eigenvalue weighted by Gasteiger charge is 2.33. The van der Waals surface area contributed by atoms with E-state index in [0.717, 1.165) is 30.0 Å². The van der Waals surface area contributed by atoms with E-state index in [0.29, 0.717) is 0 Å². The predicted molar refractivity (Wildman–Crippen MR) is 116 cm³/mol. The third kappa shape index (κ3) is 5.43. The number of ether oxygens (including phenoxy) is 3. The quantitative estimate of drug-likeness (QED) is 0.734. The van der Waals surface area contributed by atoms with Crippen molar-refractivity contribution in [2.75, 3.05) is 7.11 Å². The Hall–Kier alpha value is -2.76. The van der Waals surface area contributed by atoms with Gasteiger partial charge in [0.2, 0.25) is 0 Å². The molecule has 0 spiro atoms. The molecule has 162 valence electrons. The van der Waals surface area contributed by atoms with Gasteiger partial charge in [0.25, 0.3) is 0 Å². The highest BCUT2D eigenvalue weighted by Crippen LogP contribution is 2.32. The third-order valence-electron chi connectivity index (χ3n) is 5.31. The van der Waals surface area contributed by atoms with E-state index in [9.17, 15) is 4.79 Å². The van der Waals surface area contributed by atoms with Crippen LogP contribution >= 0.6 is 0 Å². The summed E-state index contributed by atoms with van der Waals surface area (Å²) in [5.41, 5.74) is 1.41. The van der Waals surface area contributed by atoms with Crippen molar-refractivity contribution < 1.29 is 19.0 Å². The molecule has 1 amide bonds. The maximum Gasteiger partial charge on any atom is 0.407 e. The van der Waals surface area contributed by atoms with Gasteiger partial charge in [0.1, 0.15) is 23.2 Å². The van der Waals surface area contributed by atoms with Gasteiger partial charge in [-0.15, -0.1) is 0 Å². The molecule has 1 aliphatic rings. The summed E-state index contributed by atoms with van der Waals surface area (Å²) in [6, 6.07) is 12.1. The molecule has 0 unspecified atom stereocenters. The summed E-state index contributed by atoms with van der Waals surface area (Å²) in [5, 5.41) is 2.88. The van der Waals surface area contributed by atoms with Gasteiger partial charge >= 0.3 is 6.09 Å². The molecule has 0 radical (unpaired) electrons. The van der Waals surface area contributed by atoms with Crippen LogP contribution in [0.2, 0.25) is 0 Å². The van der Waals surface area contributed by atoms with Crippen molar-refractivity contribution in [1.29, 1.82) is 0 Å². The normalized spacial score (nSPS) is 18.9. The number of aromatic nitrogens is 1. The average Bonchev–Trinajstić information content (AvgIpc) is 2.65. The molecule has 6 heteroatoms. The van der Waals surface area contributed by atoms with E-state index < -0.39 is 5.60 Å². The summed E-state index contributed by atoms with van der Waals surface area (Å²) in [7, 11) is 1.67. The summed E-state index contributed by atoms with van der Waals surface area (Å²) in [4.78, 5) is 16.5. The van der Waals surface area contributed by atoms with Gasteiger partial charge in [-0.1, -0.05) is 26.0 Å². The van der Waals surface area contributed by atoms with Gasteiger partial charge in [-0.2, -0.15) is 0 Å². The molecule has 1 saturated carbocycles. The lowest BCUT2D eigenvalue weighted by atomic mass is 9.81. The third-order valence-corrected chi connectivity index (χ3v) is 5.31. The van der Waals surface area contributed by atoms with Crippen molar-refractivity contribution in [2.24, 2.45) is 0 Å². The number of nitrogens with one attached hydrogen (secondary N) is 1. The molecule has 0 atom stereocenters. The second-order valence-electron chi connectivity index (χ2n) is 9.29. The molecule has 2 aromatic rings. The number of amides is 1. The summed E-state index contributed by atoms with van der Waals surface area (Å²) in [6.07, 6.45) is 3.00. The number of benzene rings is 1. The number of hydrogen-bond acceptors (Lipinski definition) is 5. The van der Waals surface area contributed by atoms with Crippen molar-refractivity contribution in [3.8, 4) is 11.5 Å². The maximum absolute atomic E-state index is 11.8. The Morgan fingerprint density at radius 2 is 1.63 bits per heavy atom. The van der Waals surface area contributed by atoms with Crippen LogP contribution < -0.4 is 14.8 Å². The van der Waals surface area contributed by atoms with E-state index in [4.69, 9.17) is 14.2 Å². The number of carbonyl (C=O) groups excluding carboxylic acids is 1. The SMILES string of the molecule is COc1ccc(C(C)(C)c2ccc(O[C@H]3C[C@H](NC(=O)OC(C)(C)C)C3)cn2)cc1. The standard InChI is InChI=1S/C24H32N2O4/c1-23(2,3)30-22(27)26-17-13-20(14-17)29-19-11-12-21(25-15-19)24(4,5)16-7-9-18(28-6)10-8-16/h7-12,15,17,20H,13-14H2,1-6H3,(H,26,27)/t17-,20-. The largest absolute Gasteiger partial charge is 0.497 e. The van der Waals surface area contributed by atoms with Crippen LogP contribution in [0.4, 0.5) is 4.79 Å². The Labute approximate surface area is 178 Å². The fourth-order valence-corrected chi connectivity index (χ4v) is 3.42. The monoisotopic (exact) mass is 412 g/mol. The van der Waals surface area contributed by atoms with Crippen LogP contribution in [0.1, 0.15) is 58.7 Å². The molecule has 1 aromatic carbocycles. The zero-order valence-electron chi connectivity index (χ0n) is 18.7. The van der Waals surface area contributed by atoms with E-state index in [1.54, 1.807) is 13.3 Å². The first-order chi connectivity index (χ1) is 14.1. The molecule has 1 fully saturated rings. The van der Waals surface area contributed by atoms with E-state index in [2.05, 4.69) is 36.3 Å². The topological polar surface area (TPSA) is 69.7 Å². The lowest BCUT2D eigenvalue weighted by Crippen LogP contribution is -2.50. The second-order valence-corrected chi connectivity index (χ2v) is 9.29. The van der Waals surface area contributed by atoms with Gasteiger partial charge in [-0.25, -0.2) is 4.79 Å². The molecule has 0 aliphatic heterocycles. The Morgan fingerprint density at radius 1 is 1.00 bits per heavy atom. The Bertz CT molecular complexity index is 848. The minimum atomic E-state index is -0.489. The summed E-state index contributed by atoms with van der Waals surface area (Å²) in [5.74, 6) is 1.58. The minimum Gasteiger partial charge on any atom is -0.497 e. The molecular weight excluding hydrogens is 380 g/mol. The first-order valence-corrected chi connectivity index (χ1v) is 10.3. The summed E-state index contributed by atoms with van der Waals surface area (Å²) in [6.45, 7) is 9.86. The van der Waals surface area contributed by atoms with E-state index >= 15 is 0 Å². The highest BCUT2D eigenvalue weighted by molar-refractivity contribution is 5.68. The van der Waals surface area contributed by atoms with Crippen molar-refractivity contribution in [3.63, 3.8) is 0 Å². The van der Waals surface area contributed by atoms with Gasteiger partial charge in [-0.3, -0.25) is 4.98 Å². The summed E-state index contributed by atoms with van der Waals surface area (Å²) >= 11 is 0. The average molecular weight is 413 g/mol. The molecular formula is C24H32N2O4. The lowest BCUT2D eigenvalue weighted by Gasteiger charge is -2.36. The van der Waals surface area contributed by atoms with E-state index in [-0.39, 0.29) is 23.7 Å². The minimum absolute atomic E-state index is 0.0761. The van der Waals surface area contributed by atoms with Crippen molar-refractivity contribution in [2.45, 2.75) is 70.6 Å². The molecule has 0 bridgehead atoms. The number of rotatable bonds is 6. The fourth-order valence-electron chi connectivity index (χ4n) is 3.42. The molecule has 6 nitrogen and oxygen atoms in total. The zero-order valence-corrected chi connectivity index (χ0v) is 18.7. The highest BCUT2D eigenvalue weighted by atomic mass is 16.6. The molecule has 0 saturated heterocycles. The predicted octanol–water partition coefficient (Wildman–Crippen LogP) is 4.85.